The Hall–Kier alpha value is -4.97. The Morgan fingerprint density at radius 3 is 1.54 bits per heavy atom. The molecule has 8 rings (SSSR count). The standard InChI is InChI=1S/C24H27NO3.C22H25NO/c1-3-19-14-21-22(28-16-23(26)27-2)13-18-11-7-8-12-20(18)24(21)25(19)15-17-9-5-4-6-10-17;1-3-18-14-20-21(24-2)13-17-11-7-8-12-19(17)22(20)23(18)15-16-9-5-4-6-10-16/h4-6,9-10,13-14H,3,7-8,11-12,15-16H2,1-2H3;4-6,9-10,13-14H,3,7-8,11-12,15H2,1-2H3. The zero-order chi connectivity index (χ0) is 36.0. The van der Waals surface area contributed by atoms with E-state index in [1.54, 1.807) is 12.7 Å². The predicted molar refractivity (Wildman–Crippen MR) is 211 cm³/mol. The van der Waals surface area contributed by atoms with Gasteiger partial charge in [-0.1, -0.05) is 74.5 Å². The highest BCUT2D eigenvalue weighted by Crippen LogP contribution is 2.40. The smallest absolute Gasteiger partial charge is 0.343 e. The molecule has 6 aromatic rings. The Morgan fingerprint density at radius 2 is 1.08 bits per heavy atom. The van der Waals surface area contributed by atoms with Crippen molar-refractivity contribution < 1.29 is 19.0 Å². The number of aryl methyl sites for hydroxylation is 6. The Morgan fingerprint density at radius 1 is 0.615 bits per heavy atom. The summed E-state index contributed by atoms with van der Waals surface area (Å²) in [6, 6.07) is 30.4. The molecule has 0 saturated heterocycles. The molecular formula is C46H52N2O4. The second kappa shape index (κ2) is 16.1. The molecule has 4 aromatic carbocycles. The summed E-state index contributed by atoms with van der Waals surface area (Å²) in [5.74, 6) is 1.47. The molecule has 0 amide bonds. The van der Waals surface area contributed by atoms with E-state index in [0.29, 0.717) is 0 Å². The number of rotatable bonds is 10. The van der Waals surface area contributed by atoms with Gasteiger partial charge < -0.3 is 23.3 Å². The third-order valence-corrected chi connectivity index (χ3v) is 11.0. The van der Waals surface area contributed by atoms with Gasteiger partial charge in [-0.25, -0.2) is 4.79 Å². The summed E-state index contributed by atoms with van der Waals surface area (Å²) < 4.78 is 21.4. The van der Waals surface area contributed by atoms with E-state index in [9.17, 15) is 4.79 Å². The van der Waals surface area contributed by atoms with Gasteiger partial charge in [0.25, 0.3) is 0 Å². The third kappa shape index (κ3) is 7.21. The lowest BCUT2D eigenvalue weighted by Gasteiger charge is -2.21. The van der Waals surface area contributed by atoms with Crippen LogP contribution in [0, 0.1) is 0 Å². The Kier molecular flexibility index (Phi) is 11.0. The number of hydrogen-bond acceptors (Lipinski definition) is 4. The summed E-state index contributed by atoms with van der Waals surface area (Å²) in [7, 11) is 3.18. The Balaban J connectivity index is 0.000000164. The van der Waals surface area contributed by atoms with Crippen molar-refractivity contribution in [2.45, 2.75) is 91.1 Å². The molecule has 2 aromatic heterocycles. The lowest BCUT2D eigenvalue weighted by atomic mass is 9.89. The van der Waals surface area contributed by atoms with Crippen LogP contribution in [0.5, 0.6) is 11.5 Å². The van der Waals surface area contributed by atoms with Crippen LogP contribution in [0.25, 0.3) is 21.8 Å². The summed E-state index contributed by atoms with van der Waals surface area (Å²) in [6.07, 6.45) is 11.6. The second-order valence-corrected chi connectivity index (χ2v) is 14.2. The molecule has 2 heterocycles. The van der Waals surface area contributed by atoms with E-state index in [1.165, 1.54) is 101 Å². The van der Waals surface area contributed by atoms with Crippen molar-refractivity contribution in [1.29, 1.82) is 0 Å². The second-order valence-electron chi connectivity index (χ2n) is 14.2. The minimum Gasteiger partial charge on any atom is -0.496 e. The van der Waals surface area contributed by atoms with Crippen LogP contribution in [0.4, 0.5) is 0 Å². The average molecular weight is 697 g/mol. The van der Waals surface area contributed by atoms with Crippen molar-refractivity contribution in [3.63, 3.8) is 0 Å². The van der Waals surface area contributed by atoms with Crippen molar-refractivity contribution >= 4 is 27.8 Å². The zero-order valence-electron chi connectivity index (χ0n) is 31.3. The SMILES string of the molecule is CCc1cc2c(OC)cc3c(c2n1Cc1ccccc1)CCCC3.CCc1cc2c(OCC(=O)OC)cc3c(c2n1Cc1ccccc1)CCCC3. The molecule has 0 unspecified atom stereocenters. The van der Waals surface area contributed by atoms with E-state index >= 15 is 0 Å². The maximum absolute atomic E-state index is 11.6. The summed E-state index contributed by atoms with van der Waals surface area (Å²) >= 11 is 0. The molecule has 0 saturated carbocycles. The molecule has 52 heavy (non-hydrogen) atoms. The normalized spacial score (nSPS) is 13.6. The average Bonchev–Trinajstić information content (AvgIpc) is 3.76. The summed E-state index contributed by atoms with van der Waals surface area (Å²) in [4.78, 5) is 11.6. The van der Waals surface area contributed by atoms with E-state index in [4.69, 9.17) is 14.2 Å². The van der Waals surface area contributed by atoms with E-state index in [0.717, 1.165) is 55.7 Å². The molecule has 6 heteroatoms. The number of ether oxygens (including phenoxy) is 3. The van der Waals surface area contributed by atoms with Crippen LogP contribution in [0.15, 0.2) is 84.9 Å². The maximum Gasteiger partial charge on any atom is 0.343 e. The Labute approximate surface area is 308 Å². The quantitative estimate of drug-likeness (QED) is 0.134. The number of hydrogen-bond donors (Lipinski definition) is 0. The first kappa shape index (κ1) is 35.4. The summed E-state index contributed by atoms with van der Waals surface area (Å²) in [5, 5.41) is 2.39. The molecule has 2 aliphatic rings. The third-order valence-electron chi connectivity index (χ3n) is 11.0. The van der Waals surface area contributed by atoms with Crippen molar-refractivity contribution in [1.82, 2.24) is 9.13 Å². The molecule has 0 bridgehead atoms. The highest BCUT2D eigenvalue weighted by atomic mass is 16.6. The summed E-state index contributed by atoms with van der Waals surface area (Å²) in [6.45, 7) is 6.16. The summed E-state index contributed by atoms with van der Waals surface area (Å²) in [5.41, 5.74) is 13.9. The molecule has 270 valence electrons. The molecule has 0 fully saturated rings. The number of carbonyl (C=O) groups excluding carboxylic acids is 1. The van der Waals surface area contributed by atoms with Gasteiger partial charge in [0.05, 0.1) is 25.3 Å². The molecule has 2 aliphatic carbocycles. The zero-order valence-corrected chi connectivity index (χ0v) is 31.3. The molecule has 0 radical (unpaired) electrons. The number of esters is 1. The Bertz CT molecular complexity index is 2160. The molecule has 6 nitrogen and oxygen atoms in total. The molecular weight excluding hydrogens is 645 g/mol. The van der Waals surface area contributed by atoms with Gasteiger partial charge in [-0.05, 0) is 122 Å². The van der Waals surface area contributed by atoms with E-state index < -0.39 is 0 Å². The number of aromatic nitrogens is 2. The van der Waals surface area contributed by atoms with Gasteiger partial charge in [-0.2, -0.15) is 0 Å². The molecule has 0 atom stereocenters. The van der Waals surface area contributed by atoms with Gasteiger partial charge in [0.2, 0.25) is 0 Å². The van der Waals surface area contributed by atoms with Crippen molar-refractivity contribution in [3.05, 3.63) is 130 Å². The van der Waals surface area contributed by atoms with Crippen LogP contribution >= 0.6 is 0 Å². The van der Waals surface area contributed by atoms with E-state index in [-0.39, 0.29) is 12.6 Å². The van der Waals surface area contributed by atoms with Gasteiger partial charge >= 0.3 is 5.97 Å². The van der Waals surface area contributed by atoms with E-state index in [2.05, 4.69) is 108 Å². The van der Waals surface area contributed by atoms with Gasteiger partial charge in [-0.15, -0.1) is 0 Å². The van der Waals surface area contributed by atoms with Crippen molar-refractivity contribution in [2.24, 2.45) is 0 Å². The highest BCUT2D eigenvalue weighted by Gasteiger charge is 2.23. The fourth-order valence-corrected chi connectivity index (χ4v) is 8.38. The molecule has 0 N–H and O–H groups in total. The van der Waals surface area contributed by atoms with Gasteiger partial charge in [-0.3, -0.25) is 0 Å². The number of fused-ring (bicyclic) bond motifs is 6. The van der Waals surface area contributed by atoms with Crippen LogP contribution in [0.3, 0.4) is 0 Å². The minimum atomic E-state index is -0.356. The van der Waals surface area contributed by atoms with Crippen molar-refractivity contribution in [2.75, 3.05) is 20.8 Å². The number of methoxy groups -OCH3 is 2. The van der Waals surface area contributed by atoms with Crippen LogP contribution in [-0.2, 0) is 61.1 Å². The van der Waals surface area contributed by atoms with Crippen molar-refractivity contribution in [3.8, 4) is 11.5 Å². The molecule has 0 aliphatic heterocycles. The first-order chi connectivity index (χ1) is 25.5. The van der Waals surface area contributed by atoms with Gasteiger partial charge in [0.1, 0.15) is 11.5 Å². The fraction of sp³-hybridized carbons (Fsp3) is 0.370. The van der Waals surface area contributed by atoms with E-state index in [1.807, 2.05) is 0 Å². The number of carbonyl (C=O) groups is 1. The molecule has 0 spiro atoms. The van der Waals surface area contributed by atoms with Crippen LogP contribution < -0.4 is 9.47 Å². The topological polar surface area (TPSA) is 54.6 Å². The number of benzene rings is 4. The predicted octanol–water partition coefficient (Wildman–Crippen LogP) is 9.82. The lowest BCUT2D eigenvalue weighted by Crippen LogP contribution is -2.14. The maximum atomic E-state index is 11.6. The first-order valence-corrected chi connectivity index (χ1v) is 19.2. The van der Waals surface area contributed by atoms with Gasteiger partial charge in [0, 0.05) is 35.2 Å². The van der Waals surface area contributed by atoms with Crippen LogP contribution in [0.2, 0.25) is 0 Å². The number of nitrogens with zero attached hydrogens (tertiary/aromatic N) is 2. The van der Waals surface area contributed by atoms with Crippen LogP contribution in [-0.4, -0.2) is 35.9 Å². The minimum absolute atomic E-state index is 0.0598. The largest absolute Gasteiger partial charge is 0.496 e. The van der Waals surface area contributed by atoms with Crippen LogP contribution in [0.1, 0.15) is 84.3 Å². The van der Waals surface area contributed by atoms with Gasteiger partial charge in [0.15, 0.2) is 6.61 Å². The fourth-order valence-electron chi connectivity index (χ4n) is 8.38. The monoisotopic (exact) mass is 696 g/mol. The first-order valence-electron chi connectivity index (χ1n) is 19.2. The lowest BCUT2D eigenvalue weighted by molar-refractivity contribution is -0.142. The highest BCUT2D eigenvalue weighted by molar-refractivity contribution is 5.93.